The van der Waals surface area contributed by atoms with Crippen molar-refractivity contribution in [3.05, 3.63) is 57.9 Å². The number of hydrogen-bond acceptors (Lipinski definition) is 4. The number of hydrogen-bond donors (Lipinski definition) is 3. The molecule has 7 heteroatoms. The highest BCUT2D eigenvalue weighted by Crippen LogP contribution is 2.18. The second-order valence-corrected chi connectivity index (χ2v) is 5.80. The normalized spacial score (nSPS) is 10.3. The van der Waals surface area contributed by atoms with Crippen molar-refractivity contribution in [3.63, 3.8) is 0 Å². The summed E-state index contributed by atoms with van der Waals surface area (Å²) in [6.07, 6.45) is 0.882. The number of carbonyl (C=O) groups is 3. The Hall–Kier alpha value is -3.09. The van der Waals surface area contributed by atoms with Crippen molar-refractivity contribution in [2.24, 2.45) is 0 Å². The SMILES string of the molecule is CCOC(=O)c1c(C)[nH]c(C(=O)NNC(=O)c2ccc(CC)cc2)c1C. The molecule has 1 aromatic carbocycles. The molecule has 2 amide bonds. The fourth-order valence-electron chi connectivity index (χ4n) is 2.63. The quantitative estimate of drug-likeness (QED) is 0.565. The van der Waals surface area contributed by atoms with Gasteiger partial charge in [-0.05, 0) is 50.5 Å². The van der Waals surface area contributed by atoms with Crippen LogP contribution in [0.4, 0.5) is 0 Å². The fraction of sp³-hybridized carbons (Fsp3) is 0.316. The Bertz CT molecular complexity index is 822. The summed E-state index contributed by atoms with van der Waals surface area (Å²) in [7, 11) is 0. The zero-order chi connectivity index (χ0) is 19.3. The first-order valence-electron chi connectivity index (χ1n) is 8.44. The Balaban J connectivity index is 2.06. The van der Waals surface area contributed by atoms with Crippen LogP contribution in [-0.2, 0) is 11.2 Å². The van der Waals surface area contributed by atoms with Gasteiger partial charge in [0.15, 0.2) is 0 Å². The summed E-state index contributed by atoms with van der Waals surface area (Å²) in [6, 6.07) is 7.12. The van der Waals surface area contributed by atoms with Crippen LogP contribution in [0.1, 0.15) is 61.9 Å². The summed E-state index contributed by atoms with van der Waals surface area (Å²) in [5.41, 5.74) is 7.83. The van der Waals surface area contributed by atoms with Crippen LogP contribution in [0.5, 0.6) is 0 Å². The lowest BCUT2D eigenvalue weighted by atomic mass is 10.1. The molecular formula is C19H23N3O4. The molecule has 3 N–H and O–H groups in total. The van der Waals surface area contributed by atoms with E-state index in [1.54, 1.807) is 32.9 Å². The number of carbonyl (C=O) groups excluding carboxylic acids is 3. The minimum Gasteiger partial charge on any atom is -0.462 e. The molecule has 138 valence electrons. The Morgan fingerprint density at radius 3 is 2.19 bits per heavy atom. The molecule has 26 heavy (non-hydrogen) atoms. The third kappa shape index (κ3) is 4.11. The van der Waals surface area contributed by atoms with Gasteiger partial charge in [0.25, 0.3) is 11.8 Å². The van der Waals surface area contributed by atoms with Crippen molar-refractivity contribution in [3.8, 4) is 0 Å². The van der Waals surface area contributed by atoms with Crippen molar-refractivity contribution in [1.82, 2.24) is 15.8 Å². The predicted octanol–water partition coefficient (Wildman–Crippen LogP) is 2.45. The van der Waals surface area contributed by atoms with Crippen LogP contribution in [0.3, 0.4) is 0 Å². The first kappa shape index (κ1) is 19.2. The number of aromatic amines is 1. The molecule has 0 aliphatic heterocycles. The van der Waals surface area contributed by atoms with E-state index in [1.807, 2.05) is 19.1 Å². The molecule has 0 fully saturated rings. The lowest BCUT2D eigenvalue weighted by Crippen LogP contribution is -2.42. The number of benzene rings is 1. The number of ether oxygens (including phenoxy) is 1. The number of aromatic nitrogens is 1. The van der Waals surface area contributed by atoms with Crippen LogP contribution in [0, 0.1) is 13.8 Å². The highest BCUT2D eigenvalue weighted by atomic mass is 16.5. The van der Waals surface area contributed by atoms with Gasteiger partial charge in [-0.15, -0.1) is 0 Å². The number of amides is 2. The second-order valence-electron chi connectivity index (χ2n) is 5.80. The Kier molecular flexibility index (Phi) is 6.16. The van der Waals surface area contributed by atoms with Crippen LogP contribution < -0.4 is 10.9 Å². The van der Waals surface area contributed by atoms with E-state index >= 15 is 0 Å². The number of rotatable bonds is 5. The molecule has 0 unspecified atom stereocenters. The number of esters is 1. The first-order chi connectivity index (χ1) is 12.4. The lowest BCUT2D eigenvalue weighted by molar-refractivity contribution is 0.0524. The van der Waals surface area contributed by atoms with Gasteiger partial charge >= 0.3 is 5.97 Å². The summed E-state index contributed by atoms with van der Waals surface area (Å²) in [4.78, 5) is 39.3. The van der Waals surface area contributed by atoms with E-state index in [2.05, 4.69) is 15.8 Å². The van der Waals surface area contributed by atoms with E-state index in [4.69, 9.17) is 4.74 Å². The van der Waals surface area contributed by atoms with Crippen LogP contribution >= 0.6 is 0 Å². The molecule has 0 atom stereocenters. The molecule has 1 heterocycles. The maximum atomic E-state index is 12.3. The summed E-state index contributed by atoms with van der Waals surface area (Å²) in [5.74, 6) is -1.45. The van der Waals surface area contributed by atoms with Crippen molar-refractivity contribution in [2.45, 2.75) is 34.1 Å². The van der Waals surface area contributed by atoms with Gasteiger partial charge in [0.1, 0.15) is 5.69 Å². The molecular weight excluding hydrogens is 334 g/mol. The van der Waals surface area contributed by atoms with Gasteiger partial charge in [-0.3, -0.25) is 20.4 Å². The number of aryl methyl sites for hydroxylation is 2. The highest BCUT2D eigenvalue weighted by Gasteiger charge is 2.23. The molecule has 0 aliphatic rings. The van der Waals surface area contributed by atoms with Crippen LogP contribution in [0.15, 0.2) is 24.3 Å². The predicted molar refractivity (Wildman–Crippen MR) is 97.0 cm³/mol. The highest BCUT2D eigenvalue weighted by molar-refractivity contribution is 6.02. The standard InChI is InChI=1S/C19H23N3O4/c1-5-13-7-9-14(10-8-13)17(23)21-22-18(24)16-11(3)15(12(4)20-16)19(25)26-6-2/h7-10,20H,5-6H2,1-4H3,(H,21,23)(H,22,24). The molecule has 0 bridgehead atoms. The van der Waals surface area contributed by atoms with Gasteiger partial charge < -0.3 is 9.72 Å². The molecule has 2 rings (SSSR count). The van der Waals surface area contributed by atoms with Gasteiger partial charge in [0.2, 0.25) is 0 Å². The summed E-state index contributed by atoms with van der Waals surface area (Å²) < 4.78 is 5.00. The molecule has 0 aliphatic carbocycles. The van der Waals surface area contributed by atoms with E-state index in [1.165, 1.54) is 0 Å². The molecule has 0 saturated carbocycles. The number of H-pyrrole nitrogens is 1. The van der Waals surface area contributed by atoms with E-state index in [0.717, 1.165) is 12.0 Å². The van der Waals surface area contributed by atoms with Gasteiger partial charge in [-0.25, -0.2) is 4.79 Å². The maximum Gasteiger partial charge on any atom is 0.340 e. The Labute approximate surface area is 152 Å². The maximum absolute atomic E-state index is 12.3. The van der Waals surface area contributed by atoms with Crippen LogP contribution in [-0.4, -0.2) is 29.4 Å². The molecule has 1 aromatic heterocycles. The van der Waals surface area contributed by atoms with E-state index in [9.17, 15) is 14.4 Å². The molecule has 2 aromatic rings. The fourth-order valence-corrected chi connectivity index (χ4v) is 2.63. The Morgan fingerprint density at radius 1 is 1.00 bits per heavy atom. The minimum absolute atomic E-state index is 0.201. The van der Waals surface area contributed by atoms with Gasteiger partial charge in [-0.1, -0.05) is 19.1 Å². The summed E-state index contributed by atoms with van der Waals surface area (Å²) >= 11 is 0. The van der Waals surface area contributed by atoms with Crippen LogP contribution in [0.25, 0.3) is 0 Å². The van der Waals surface area contributed by atoms with Crippen molar-refractivity contribution in [1.29, 1.82) is 0 Å². The Morgan fingerprint density at radius 2 is 1.62 bits per heavy atom. The molecule has 0 saturated heterocycles. The van der Waals surface area contributed by atoms with E-state index in [0.29, 0.717) is 22.4 Å². The average Bonchev–Trinajstić information content (AvgIpc) is 2.94. The van der Waals surface area contributed by atoms with E-state index < -0.39 is 17.8 Å². The zero-order valence-electron chi connectivity index (χ0n) is 15.4. The van der Waals surface area contributed by atoms with Crippen LogP contribution in [0.2, 0.25) is 0 Å². The van der Waals surface area contributed by atoms with Crippen molar-refractivity contribution in [2.75, 3.05) is 6.61 Å². The lowest BCUT2D eigenvalue weighted by Gasteiger charge is -2.08. The van der Waals surface area contributed by atoms with Crippen molar-refractivity contribution < 1.29 is 19.1 Å². The summed E-state index contributed by atoms with van der Waals surface area (Å²) in [5, 5.41) is 0. The topological polar surface area (TPSA) is 100 Å². The molecule has 0 spiro atoms. The first-order valence-corrected chi connectivity index (χ1v) is 8.44. The average molecular weight is 357 g/mol. The number of nitrogens with one attached hydrogen (secondary N) is 3. The second kappa shape index (κ2) is 8.33. The van der Waals surface area contributed by atoms with Gasteiger partial charge in [0, 0.05) is 11.3 Å². The zero-order valence-corrected chi connectivity index (χ0v) is 15.4. The van der Waals surface area contributed by atoms with Crippen molar-refractivity contribution >= 4 is 17.8 Å². The molecule has 0 radical (unpaired) electrons. The third-order valence-corrected chi connectivity index (χ3v) is 4.06. The monoisotopic (exact) mass is 357 g/mol. The number of hydrazine groups is 1. The third-order valence-electron chi connectivity index (χ3n) is 4.06. The van der Waals surface area contributed by atoms with Gasteiger partial charge in [0.05, 0.1) is 12.2 Å². The van der Waals surface area contributed by atoms with E-state index in [-0.39, 0.29) is 12.3 Å². The van der Waals surface area contributed by atoms with Gasteiger partial charge in [-0.2, -0.15) is 0 Å². The largest absolute Gasteiger partial charge is 0.462 e. The molecule has 7 nitrogen and oxygen atoms in total. The smallest absolute Gasteiger partial charge is 0.340 e. The minimum atomic E-state index is -0.542. The summed E-state index contributed by atoms with van der Waals surface area (Å²) in [6.45, 7) is 7.32.